The Morgan fingerprint density at radius 3 is 2.35 bits per heavy atom. The van der Waals surface area contributed by atoms with E-state index in [2.05, 4.69) is 0 Å². The third-order valence-electron chi connectivity index (χ3n) is 2.48. The van der Waals surface area contributed by atoms with Crippen molar-refractivity contribution in [2.45, 2.75) is 23.5 Å². The van der Waals surface area contributed by atoms with Crippen LogP contribution in [0.3, 0.4) is 0 Å². The quantitative estimate of drug-likeness (QED) is 0.734. The molecule has 0 unspecified atom stereocenters. The number of benzene rings is 1. The van der Waals surface area contributed by atoms with E-state index in [0.717, 1.165) is 0 Å². The second-order valence-corrected chi connectivity index (χ2v) is 7.81. The molecule has 0 bridgehead atoms. The van der Waals surface area contributed by atoms with E-state index in [0.29, 0.717) is 18.1 Å². The summed E-state index contributed by atoms with van der Waals surface area (Å²) in [5.41, 5.74) is 0. The van der Waals surface area contributed by atoms with Crippen LogP contribution in [0.15, 0.2) is 29.2 Å². The second-order valence-electron chi connectivity index (χ2n) is 4.53. The number of rotatable bonds is 7. The molecule has 20 heavy (non-hydrogen) atoms. The Balaban J connectivity index is 2.46. The van der Waals surface area contributed by atoms with E-state index < -0.39 is 20.7 Å². The molecule has 0 saturated carbocycles. The molecule has 3 N–H and O–H groups in total. The Morgan fingerprint density at radius 1 is 1.35 bits per heavy atom. The number of hydrogen-bond donors (Lipinski definition) is 2. The molecular weight excluding hydrogens is 302 g/mol. The number of nitrogens with two attached hydrogens (primary N) is 1. The number of carboxylic acid groups (broad SMARTS) is 1. The van der Waals surface area contributed by atoms with Crippen molar-refractivity contribution < 1.29 is 23.1 Å². The van der Waals surface area contributed by atoms with Gasteiger partial charge in [-0.25, -0.2) is 13.6 Å². The summed E-state index contributed by atoms with van der Waals surface area (Å²) in [5, 5.41) is 13.9. The van der Waals surface area contributed by atoms with Crippen LogP contribution in [-0.4, -0.2) is 36.6 Å². The molecule has 112 valence electrons. The molecule has 0 amide bonds. The topological polar surface area (TPSA) is 107 Å². The molecule has 1 aromatic rings. The second kappa shape index (κ2) is 6.47. The highest BCUT2D eigenvalue weighted by atomic mass is 32.2. The van der Waals surface area contributed by atoms with Crippen molar-refractivity contribution in [3.8, 4) is 5.75 Å². The van der Waals surface area contributed by atoms with Crippen molar-refractivity contribution in [1.29, 1.82) is 0 Å². The highest BCUT2D eigenvalue weighted by molar-refractivity contribution is 8.01. The number of hydrogen-bond acceptors (Lipinski definition) is 5. The molecule has 6 nitrogen and oxygen atoms in total. The Morgan fingerprint density at radius 2 is 1.90 bits per heavy atom. The number of carboxylic acids is 1. The van der Waals surface area contributed by atoms with Crippen LogP contribution in [0.5, 0.6) is 5.75 Å². The van der Waals surface area contributed by atoms with Gasteiger partial charge in [-0.05, 0) is 38.1 Å². The van der Waals surface area contributed by atoms with E-state index in [-0.39, 0.29) is 4.90 Å². The first kappa shape index (κ1) is 16.8. The highest BCUT2D eigenvalue weighted by Crippen LogP contribution is 2.24. The van der Waals surface area contributed by atoms with Gasteiger partial charge >= 0.3 is 5.97 Å². The normalized spacial score (nSPS) is 12.2. The summed E-state index contributed by atoms with van der Waals surface area (Å²) in [6.45, 7) is 3.58. The van der Waals surface area contributed by atoms with Gasteiger partial charge in [0, 0.05) is 5.75 Å². The number of sulfonamides is 1. The molecule has 0 heterocycles. The molecule has 0 radical (unpaired) electrons. The fourth-order valence-electron chi connectivity index (χ4n) is 1.24. The average Bonchev–Trinajstić information content (AvgIpc) is 2.34. The number of carbonyl (C=O) groups is 1. The van der Waals surface area contributed by atoms with Gasteiger partial charge in [0.15, 0.2) is 0 Å². The van der Waals surface area contributed by atoms with E-state index >= 15 is 0 Å². The van der Waals surface area contributed by atoms with Crippen molar-refractivity contribution in [3.05, 3.63) is 24.3 Å². The minimum Gasteiger partial charge on any atom is -0.493 e. The SMILES string of the molecule is CC(C)(SCCOc1ccc(S(N)(=O)=O)cc1)C(=O)O. The zero-order valence-electron chi connectivity index (χ0n) is 11.2. The van der Waals surface area contributed by atoms with Crippen LogP contribution in [0.4, 0.5) is 0 Å². The van der Waals surface area contributed by atoms with Crippen LogP contribution in [0.2, 0.25) is 0 Å². The van der Waals surface area contributed by atoms with Crippen LogP contribution < -0.4 is 9.88 Å². The monoisotopic (exact) mass is 319 g/mol. The Labute approximate surface area is 122 Å². The first-order chi connectivity index (χ1) is 9.13. The predicted octanol–water partition coefficient (Wildman–Crippen LogP) is 1.31. The van der Waals surface area contributed by atoms with Gasteiger partial charge in [0.05, 0.1) is 11.5 Å². The van der Waals surface area contributed by atoms with Crippen LogP contribution in [-0.2, 0) is 14.8 Å². The van der Waals surface area contributed by atoms with Gasteiger partial charge in [0.2, 0.25) is 10.0 Å². The molecule has 0 atom stereocenters. The first-order valence-electron chi connectivity index (χ1n) is 5.76. The lowest BCUT2D eigenvalue weighted by Gasteiger charge is -2.18. The lowest BCUT2D eigenvalue weighted by atomic mass is 10.2. The lowest BCUT2D eigenvalue weighted by Crippen LogP contribution is -2.28. The van der Waals surface area contributed by atoms with Gasteiger partial charge in [0.25, 0.3) is 0 Å². The van der Waals surface area contributed by atoms with Crippen LogP contribution >= 0.6 is 11.8 Å². The summed E-state index contributed by atoms with van der Waals surface area (Å²) in [6.07, 6.45) is 0. The summed E-state index contributed by atoms with van der Waals surface area (Å²) >= 11 is 1.27. The molecule has 8 heteroatoms. The van der Waals surface area contributed by atoms with Crippen molar-refractivity contribution in [1.82, 2.24) is 0 Å². The maximum atomic E-state index is 11.1. The Bertz CT molecular complexity index is 566. The van der Waals surface area contributed by atoms with Crippen molar-refractivity contribution in [2.75, 3.05) is 12.4 Å². The summed E-state index contributed by atoms with van der Waals surface area (Å²) < 4.78 is 26.7. The number of ether oxygens (including phenoxy) is 1. The fraction of sp³-hybridized carbons (Fsp3) is 0.417. The van der Waals surface area contributed by atoms with Gasteiger partial charge < -0.3 is 9.84 Å². The van der Waals surface area contributed by atoms with Crippen LogP contribution in [0.25, 0.3) is 0 Å². The minimum atomic E-state index is -3.70. The first-order valence-corrected chi connectivity index (χ1v) is 8.29. The van der Waals surface area contributed by atoms with E-state index in [4.69, 9.17) is 15.0 Å². The zero-order valence-corrected chi connectivity index (χ0v) is 12.8. The van der Waals surface area contributed by atoms with Crippen LogP contribution in [0.1, 0.15) is 13.8 Å². The summed E-state index contributed by atoms with van der Waals surface area (Å²) in [5.74, 6) is 0.141. The Hall–Kier alpha value is -1.25. The molecule has 0 aromatic heterocycles. The third kappa shape index (κ3) is 5.03. The predicted molar refractivity (Wildman–Crippen MR) is 77.5 cm³/mol. The van der Waals surface area contributed by atoms with E-state index in [1.807, 2.05) is 0 Å². The van der Waals surface area contributed by atoms with Gasteiger partial charge in [-0.1, -0.05) is 0 Å². The Kier molecular flexibility index (Phi) is 5.43. The molecule has 1 rings (SSSR count). The smallest absolute Gasteiger partial charge is 0.319 e. The average molecular weight is 319 g/mol. The maximum absolute atomic E-state index is 11.1. The largest absolute Gasteiger partial charge is 0.493 e. The van der Waals surface area contributed by atoms with E-state index in [1.54, 1.807) is 13.8 Å². The van der Waals surface area contributed by atoms with Gasteiger partial charge in [-0.3, -0.25) is 4.79 Å². The molecule has 0 fully saturated rings. The minimum absolute atomic E-state index is 0.0197. The van der Waals surface area contributed by atoms with Crippen LogP contribution in [0, 0.1) is 0 Å². The van der Waals surface area contributed by atoms with Crippen molar-refractivity contribution in [3.63, 3.8) is 0 Å². The standard InChI is InChI=1S/C12H17NO5S2/c1-12(2,11(14)15)19-8-7-18-9-3-5-10(6-4-9)20(13,16)17/h3-6H,7-8H2,1-2H3,(H,14,15)(H2,13,16,17). The van der Waals surface area contributed by atoms with Gasteiger partial charge in [0.1, 0.15) is 10.5 Å². The van der Waals surface area contributed by atoms with E-state index in [9.17, 15) is 13.2 Å². The molecule has 0 aliphatic rings. The zero-order chi connectivity index (χ0) is 15.4. The molecular formula is C12H17NO5S2. The van der Waals surface area contributed by atoms with Crippen molar-refractivity contribution >= 4 is 27.8 Å². The lowest BCUT2D eigenvalue weighted by molar-refractivity contribution is -0.138. The number of aliphatic carboxylic acids is 1. The molecule has 1 aromatic carbocycles. The molecule has 0 spiro atoms. The van der Waals surface area contributed by atoms with Gasteiger partial charge in [-0.15, -0.1) is 11.8 Å². The number of thioether (sulfide) groups is 1. The molecule has 0 aliphatic carbocycles. The molecule has 0 saturated heterocycles. The third-order valence-corrected chi connectivity index (χ3v) is 4.68. The summed E-state index contributed by atoms with van der Waals surface area (Å²) in [7, 11) is -3.70. The highest BCUT2D eigenvalue weighted by Gasteiger charge is 2.27. The summed E-state index contributed by atoms with van der Waals surface area (Å²) in [6, 6.07) is 5.73. The van der Waals surface area contributed by atoms with Gasteiger partial charge in [-0.2, -0.15) is 0 Å². The fourth-order valence-corrected chi connectivity index (χ4v) is 2.56. The van der Waals surface area contributed by atoms with Crippen molar-refractivity contribution in [2.24, 2.45) is 5.14 Å². The maximum Gasteiger partial charge on any atom is 0.319 e. The summed E-state index contributed by atoms with van der Waals surface area (Å²) in [4.78, 5) is 10.9. The number of primary sulfonamides is 1. The van der Waals surface area contributed by atoms with E-state index in [1.165, 1.54) is 36.0 Å². The molecule has 0 aliphatic heterocycles.